The normalized spacial score (nSPS) is 11.4. The molecule has 1 amide bonds. The maximum absolute atomic E-state index is 12.7. The highest BCUT2D eigenvalue weighted by Gasteiger charge is 2.13. The van der Waals surface area contributed by atoms with Crippen molar-refractivity contribution in [1.82, 2.24) is 14.5 Å². The van der Waals surface area contributed by atoms with Crippen LogP contribution in [0, 0.1) is 20.8 Å². The molecule has 138 valence electrons. The highest BCUT2D eigenvalue weighted by Crippen LogP contribution is 2.28. The Hall–Kier alpha value is -2.58. The molecular formula is C19H18N4O2S2. The Kier molecular flexibility index (Phi) is 4.53. The second kappa shape index (κ2) is 6.86. The lowest BCUT2D eigenvalue weighted by Crippen LogP contribution is -2.23. The fraction of sp³-hybridized carbons (Fsp3) is 0.263. The average molecular weight is 399 g/mol. The van der Waals surface area contributed by atoms with E-state index in [0.717, 1.165) is 31.1 Å². The Bertz CT molecular complexity index is 1240. The van der Waals surface area contributed by atoms with E-state index < -0.39 is 0 Å². The van der Waals surface area contributed by atoms with Gasteiger partial charge in [-0.1, -0.05) is 23.5 Å². The summed E-state index contributed by atoms with van der Waals surface area (Å²) in [4.78, 5) is 35.7. The van der Waals surface area contributed by atoms with Gasteiger partial charge in [0.25, 0.3) is 5.56 Å². The maximum atomic E-state index is 12.7. The molecule has 6 nitrogen and oxygen atoms in total. The number of amides is 1. The van der Waals surface area contributed by atoms with E-state index in [0.29, 0.717) is 10.5 Å². The number of carbonyl (C=O) groups is 1. The van der Waals surface area contributed by atoms with Gasteiger partial charge in [-0.05, 0) is 38.0 Å². The molecule has 0 aliphatic heterocycles. The molecule has 3 heterocycles. The van der Waals surface area contributed by atoms with Gasteiger partial charge in [-0.25, -0.2) is 9.97 Å². The molecule has 0 aliphatic rings. The number of hydrogen-bond donors (Lipinski definition) is 1. The molecule has 0 saturated carbocycles. The molecule has 0 bridgehead atoms. The fourth-order valence-electron chi connectivity index (χ4n) is 2.97. The van der Waals surface area contributed by atoms with Gasteiger partial charge in [0.05, 0.1) is 21.9 Å². The van der Waals surface area contributed by atoms with Gasteiger partial charge in [-0.2, -0.15) is 0 Å². The number of aryl methyl sites for hydroxylation is 4. The highest BCUT2D eigenvalue weighted by molar-refractivity contribution is 7.22. The minimum absolute atomic E-state index is 0.0924. The Balaban J connectivity index is 1.49. The largest absolute Gasteiger partial charge is 0.302 e. The number of thiazole rings is 1. The van der Waals surface area contributed by atoms with Crippen molar-refractivity contribution in [2.45, 2.75) is 33.7 Å². The van der Waals surface area contributed by atoms with Crippen molar-refractivity contribution in [2.24, 2.45) is 0 Å². The van der Waals surface area contributed by atoms with Crippen LogP contribution in [0.5, 0.6) is 0 Å². The van der Waals surface area contributed by atoms with E-state index in [1.807, 2.05) is 39.0 Å². The SMILES string of the molecule is Cc1sc2ncn(CCC(=O)Nc3nc4c(C)cccc4s3)c(=O)c2c1C. The quantitative estimate of drug-likeness (QED) is 0.563. The molecule has 0 unspecified atom stereocenters. The number of thiophene rings is 1. The lowest BCUT2D eigenvalue weighted by atomic mass is 10.2. The summed E-state index contributed by atoms with van der Waals surface area (Å²) in [5.41, 5.74) is 2.87. The van der Waals surface area contributed by atoms with Gasteiger partial charge in [0.1, 0.15) is 4.83 Å². The summed E-state index contributed by atoms with van der Waals surface area (Å²) in [5.74, 6) is -0.170. The van der Waals surface area contributed by atoms with Crippen LogP contribution in [-0.2, 0) is 11.3 Å². The van der Waals surface area contributed by atoms with E-state index in [2.05, 4.69) is 15.3 Å². The van der Waals surface area contributed by atoms with Gasteiger partial charge in [0.2, 0.25) is 5.91 Å². The Labute approximate surface area is 163 Å². The van der Waals surface area contributed by atoms with E-state index in [1.165, 1.54) is 33.6 Å². The van der Waals surface area contributed by atoms with Crippen LogP contribution in [0.2, 0.25) is 0 Å². The standard InChI is InChI=1S/C19H18N4O2S2/c1-10-5-4-6-13-16(10)22-19(27-13)21-14(24)7-8-23-9-20-17-15(18(23)25)11(2)12(3)26-17/h4-6,9H,7-8H2,1-3H3,(H,21,22,24). The first-order chi connectivity index (χ1) is 12.9. The van der Waals surface area contributed by atoms with Gasteiger partial charge < -0.3 is 5.32 Å². The second-order valence-electron chi connectivity index (χ2n) is 6.45. The van der Waals surface area contributed by atoms with Crippen LogP contribution in [0.25, 0.3) is 20.4 Å². The summed E-state index contributed by atoms with van der Waals surface area (Å²) in [5, 5.41) is 4.07. The minimum Gasteiger partial charge on any atom is -0.302 e. The van der Waals surface area contributed by atoms with Gasteiger partial charge in [-0.15, -0.1) is 11.3 Å². The number of aromatic nitrogens is 3. The van der Waals surface area contributed by atoms with Crippen LogP contribution in [-0.4, -0.2) is 20.4 Å². The number of fused-ring (bicyclic) bond motifs is 2. The molecular weight excluding hydrogens is 380 g/mol. The minimum atomic E-state index is -0.170. The summed E-state index contributed by atoms with van der Waals surface area (Å²) < 4.78 is 2.54. The Morgan fingerprint density at radius 1 is 1.22 bits per heavy atom. The van der Waals surface area contributed by atoms with Crippen molar-refractivity contribution in [1.29, 1.82) is 0 Å². The van der Waals surface area contributed by atoms with Crippen LogP contribution >= 0.6 is 22.7 Å². The molecule has 0 atom stereocenters. The second-order valence-corrected chi connectivity index (χ2v) is 8.68. The van der Waals surface area contributed by atoms with Gasteiger partial charge in [0.15, 0.2) is 5.13 Å². The first-order valence-electron chi connectivity index (χ1n) is 8.55. The lowest BCUT2D eigenvalue weighted by molar-refractivity contribution is -0.116. The fourth-order valence-corrected chi connectivity index (χ4v) is 4.92. The van der Waals surface area contributed by atoms with Crippen molar-refractivity contribution in [3.8, 4) is 0 Å². The predicted molar refractivity (Wildman–Crippen MR) is 111 cm³/mol. The molecule has 0 aliphatic carbocycles. The number of anilines is 1. The highest BCUT2D eigenvalue weighted by atomic mass is 32.1. The summed E-state index contributed by atoms with van der Waals surface area (Å²) in [6, 6.07) is 5.96. The third kappa shape index (κ3) is 3.26. The summed E-state index contributed by atoms with van der Waals surface area (Å²) >= 11 is 2.97. The van der Waals surface area contributed by atoms with Crippen LogP contribution in [0.15, 0.2) is 29.3 Å². The number of benzene rings is 1. The lowest BCUT2D eigenvalue weighted by Gasteiger charge is -2.05. The topological polar surface area (TPSA) is 76.9 Å². The van der Waals surface area contributed by atoms with Crippen LogP contribution in [0.3, 0.4) is 0 Å². The van der Waals surface area contributed by atoms with E-state index in [1.54, 1.807) is 0 Å². The van der Waals surface area contributed by atoms with Gasteiger partial charge in [0, 0.05) is 17.8 Å². The molecule has 3 aromatic heterocycles. The van der Waals surface area contributed by atoms with Crippen LogP contribution in [0.1, 0.15) is 22.4 Å². The predicted octanol–water partition coefficient (Wildman–Crippen LogP) is 4.02. The van der Waals surface area contributed by atoms with Crippen molar-refractivity contribution in [2.75, 3.05) is 5.32 Å². The van der Waals surface area contributed by atoms with E-state index >= 15 is 0 Å². The molecule has 8 heteroatoms. The van der Waals surface area contributed by atoms with Gasteiger partial charge in [-0.3, -0.25) is 14.2 Å². The molecule has 4 rings (SSSR count). The molecule has 1 N–H and O–H groups in total. The molecule has 0 saturated heterocycles. The zero-order valence-corrected chi connectivity index (χ0v) is 16.8. The number of carbonyl (C=O) groups excluding carboxylic acids is 1. The third-order valence-electron chi connectivity index (χ3n) is 4.60. The van der Waals surface area contributed by atoms with Gasteiger partial charge >= 0.3 is 0 Å². The Morgan fingerprint density at radius 2 is 2.04 bits per heavy atom. The van der Waals surface area contributed by atoms with Crippen molar-refractivity contribution in [3.05, 3.63) is 50.9 Å². The average Bonchev–Trinajstić information content (AvgIpc) is 3.16. The zero-order valence-electron chi connectivity index (χ0n) is 15.2. The molecule has 4 aromatic rings. The first kappa shape index (κ1) is 17.8. The molecule has 27 heavy (non-hydrogen) atoms. The monoisotopic (exact) mass is 398 g/mol. The summed E-state index contributed by atoms with van der Waals surface area (Å²) in [6.45, 7) is 6.20. The first-order valence-corrected chi connectivity index (χ1v) is 10.2. The summed E-state index contributed by atoms with van der Waals surface area (Å²) in [6.07, 6.45) is 1.71. The van der Waals surface area contributed by atoms with Crippen molar-refractivity contribution < 1.29 is 4.79 Å². The van der Waals surface area contributed by atoms with Crippen molar-refractivity contribution >= 4 is 54.1 Å². The number of nitrogens with one attached hydrogen (secondary N) is 1. The van der Waals surface area contributed by atoms with E-state index in [4.69, 9.17) is 0 Å². The Morgan fingerprint density at radius 3 is 2.81 bits per heavy atom. The number of rotatable bonds is 4. The molecule has 0 radical (unpaired) electrons. The smallest absolute Gasteiger partial charge is 0.262 e. The third-order valence-corrected chi connectivity index (χ3v) is 6.65. The van der Waals surface area contributed by atoms with E-state index in [-0.39, 0.29) is 24.4 Å². The zero-order chi connectivity index (χ0) is 19.1. The van der Waals surface area contributed by atoms with Crippen LogP contribution in [0.4, 0.5) is 5.13 Å². The molecule has 0 fully saturated rings. The molecule has 0 spiro atoms. The summed E-state index contributed by atoms with van der Waals surface area (Å²) in [7, 11) is 0. The van der Waals surface area contributed by atoms with Crippen molar-refractivity contribution in [3.63, 3.8) is 0 Å². The number of hydrogen-bond acceptors (Lipinski definition) is 6. The maximum Gasteiger partial charge on any atom is 0.262 e. The van der Waals surface area contributed by atoms with E-state index in [9.17, 15) is 9.59 Å². The molecule has 1 aromatic carbocycles. The number of nitrogens with zero attached hydrogens (tertiary/aromatic N) is 3. The number of para-hydroxylation sites is 1. The van der Waals surface area contributed by atoms with Crippen LogP contribution < -0.4 is 10.9 Å².